The van der Waals surface area contributed by atoms with Gasteiger partial charge in [-0.1, -0.05) is 12.1 Å². The first-order valence-corrected chi connectivity index (χ1v) is 5.05. The Balaban J connectivity index is 2.96. The third-order valence-electron chi connectivity index (χ3n) is 2.81. The first-order valence-electron chi connectivity index (χ1n) is 5.05. The Morgan fingerprint density at radius 2 is 1.53 bits per heavy atom. The molecule has 1 rings (SSSR count). The molecule has 80 valence electrons. The van der Waals surface area contributed by atoms with Crippen molar-refractivity contribution in [3.8, 4) is 0 Å². The smallest absolute Gasteiger partial charge is 0.130 e. The minimum Gasteiger partial charge on any atom is -0.303 e. The van der Waals surface area contributed by atoms with E-state index in [9.17, 15) is 9.59 Å². The summed E-state index contributed by atoms with van der Waals surface area (Å²) in [4.78, 5) is 21.1. The van der Waals surface area contributed by atoms with E-state index in [2.05, 4.69) is 6.92 Å². The SMILES string of the molecule is Cc1cc(CC(C=O)C=O)cc(C)c1C. The minimum absolute atomic E-state index is 0.508. The van der Waals surface area contributed by atoms with Crippen LogP contribution in [-0.2, 0) is 16.0 Å². The summed E-state index contributed by atoms with van der Waals surface area (Å²) in [6.45, 7) is 6.16. The highest BCUT2D eigenvalue weighted by atomic mass is 16.1. The molecule has 0 unspecified atom stereocenters. The van der Waals surface area contributed by atoms with E-state index in [1.54, 1.807) is 0 Å². The van der Waals surface area contributed by atoms with Gasteiger partial charge in [-0.3, -0.25) is 0 Å². The quantitative estimate of drug-likeness (QED) is 0.556. The lowest BCUT2D eigenvalue weighted by Gasteiger charge is -2.09. The molecule has 0 aromatic heterocycles. The Labute approximate surface area is 90.3 Å². The molecule has 0 saturated heterocycles. The highest BCUT2D eigenvalue weighted by molar-refractivity contribution is 5.77. The normalized spacial score (nSPS) is 10.4. The van der Waals surface area contributed by atoms with E-state index in [0.29, 0.717) is 19.0 Å². The highest BCUT2D eigenvalue weighted by Crippen LogP contribution is 2.17. The molecule has 2 heteroatoms. The van der Waals surface area contributed by atoms with Gasteiger partial charge in [-0.2, -0.15) is 0 Å². The second-order valence-corrected chi connectivity index (χ2v) is 3.99. The minimum atomic E-state index is -0.508. The van der Waals surface area contributed by atoms with Gasteiger partial charge in [-0.15, -0.1) is 0 Å². The third kappa shape index (κ3) is 2.75. The van der Waals surface area contributed by atoms with Gasteiger partial charge in [0.25, 0.3) is 0 Å². The second kappa shape index (κ2) is 4.87. The number of hydrogen-bond acceptors (Lipinski definition) is 2. The van der Waals surface area contributed by atoms with Gasteiger partial charge >= 0.3 is 0 Å². The molecule has 2 nitrogen and oxygen atoms in total. The van der Waals surface area contributed by atoms with Gasteiger partial charge in [-0.05, 0) is 49.4 Å². The molecule has 0 aliphatic carbocycles. The number of rotatable bonds is 4. The Morgan fingerprint density at radius 3 is 1.93 bits per heavy atom. The number of carbonyl (C=O) groups is 2. The zero-order chi connectivity index (χ0) is 11.4. The lowest BCUT2D eigenvalue weighted by molar-refractivity contribution is -0.119. The summed E-state index contributed by atoms with van der Waals surface area (Å²) in [6.07, 6.45) is 1.92. The van der Waals surface area contributed by atoms with E-state index in [-0.39, 0.29) is 0 Å². The maximum absolute atomic E-state index is 10.5. The molecule has 0 heterocycles. The van der Waals surface area contributed by atoms with Crippen LogP contribution in [0.15, 0.2) is 12.1 Å². The Morgan fingerprint density at radius 1 is 1.07 bits per heavy atom. The van der Waals surface area contributed by atoms with Crippen molar-refractivity contribution in [3.63, 3.8) is 0 Å². The van der Waals surface area contributed by atoms with Crippen molar-refractivity contribution < 1.29 is 9.59 Å². The van der Waals surface area contributed by atoms with Crippen molar-refractivity contribution in [1.82, 2.24) is 0 Å². The van der Waals surface area contributed by atoms with Crippen LogP contribution in [0.2, 0.25) is 0 Å². The number of benzene rings is 1. The van der Waals surface area contributed by atoms with E-state index in [1.807, 2.05) is 26.0 Å². The predicted molar refractivity (Wildman–Crippen MR) is 60.0 cm³/mol. The van der Waals surface area contributed by atoms with E-state index >= 15 is 0 Å². The van der Waals surface area contributed by atoms with Gasteiger partial charge in [0, 0.05) is 0 Å². The van der Waals surface area contributed by atoms with E-state index in [0.717, 1.165) is 5.56 Å². The van der Waals surface area contributed by atoms with E-state index < -0.39 is 5.92 Å². The summed E-state index contributed by atoms with van der Waals surface area (Å²) in [5.74, 6) is -0.508. The molecule has 0 bridgehead atoms. The molecular weight excluding hydrogens is 188 g/mol. The number of aldehydes is 2. The maximum Gasteiger partial charge on any atom is 0.130 e. The lowest BCUT2D eigenvalue weighted by Crippen LogP contribution is -2.08. The van der Waals surface area contributed by atoms with Crippen LogP contribution in [0.25, 0.3) is 0 Å². The molecular formula is C13H16O2. The van der Waals surface area contributed by atoms with Crippen LogP contribution in [0.4, 0.5) is 0 Å². The molecule has 0 fully saturated rings. The number of hydrogen-bond donors (Lipinski definition) is 0. The van der Waals surface area contributed by atoms with Gasteiger partial charge in [0.1, 0.15) is 12.6 Å². The average Bonchev–Trinajstić information content (AvgIpc) is 2.22. The molecule has 0 spiro atoms. The van der Waals surface area contributed by atoms with Crippen LogP contribution in [0.5, 0.6) is 0 Å². The van der Waals surface area contributed by atoms with Gasteiger partial charge in [0.05, 0.1) is 5.92 Å². The van der Waals surface area contributed by atoms with Crippen molar-refractivity contribution in [2.24, 2.45) is 5.92 Å². The summed E-state index contributed by atoms with van der Waals surface area (Å²) in [6, 6.07) is 4.09. The van der Waals surface area contributed by atoms with Crippen molar-refractivity contribution in [2.45, 2.75) is 27.2 Å². The number of aryl methyl sites for hydroxylation is 2. The topological polar surface area (TPSA) is 34.1 Å². The molecule has 0 radical (unpaired) electrons. The fourth-order valence-corrected chi connectivity index (χ4v) is 1.64. The summed E-state index contributed by atoms with van der Waals surface area (Å²) in [5, 5.41) is 0. The number of carbonyl (C=O) groups excluding carboxylic acids is 2. The average molecular weight is 204 g/mol. The van der Waals surface area contributed by atoms with Crippen LogP contribution in [0.3, 0.4) is 0 Å². The Hall–Kier alpha value is -1.44. The summed E-state index contributed by atoms with van der Waals surface area (Å²) in [5.41, 5.74) is 4.74. The standard InChI is InChI=1S/C13H16O2/c1-9-4-12(5-10(2)11(9)3)6-13(7-14)8-15/h4-5,7-8,13H,6H2,1-3H3. The van der Waals surface area contributed by atoms with Gasteiger partial charge in [-0.25, -0.2) is 0 Å². The van der Waals surface area contributed by atoms with Crippen molar-refractivity contribution in [3.05, 3.63) is 34.4 Å². The second-order valence-electron chi connectivity index (χ2n) is 3.99. The van der Waals surface area contributed by atoms with Crippen LogP contribution < -0.4 is 0 Å². The molecule has 0 amide bonds. The van der Waals surface area contributed by atoms with Gasteiger partial charge in [0.2, 0.25) is 0 Å². The predicted octanol–water partition coefficient (Wildman–Crippen LogP) is 2.17. The molecule has 1 aromatic carbocycles. The summed E-state index contributed by atoms with van der Waals surface area (Å²) in [7, 11) is 0. The largest absolute Gasteiger partial charge is 0.303 e. The zero-order valence-electron chi connectivity index (χ0n) is 9.41. The molecule has 0 aliphatic rings. The summed E-state index contributed by atoms with van der Waals surface area (Å²) < 4.78 is 0. The first kappa shape index (κ1) is 11.6. The highest BCUT2D eigenvalue weighted by Gasteiger charge is 2.08. The molecule has 15 heavy (non-hydrogen) atoms. The third-order valence-corrected chi connectivity index (χ3v) is 2.81. The van der Waals surface area contributed by atoms with Crippen LogP contribution in [-0.4, -0.2) is 12.6 Å². The Kier molecular flexibility index (Phi) is 3.78. The Bertz CT molecular complexity index is 349. The van der Waals surface area contributed by atoms with Crippen LogP contribution in [0.1, 0.15) is 22.3 Å². The van der Waals surface area contributed by atoms with Crippen LogP contribution in [0, 0.1) is 26.7 Å². The van der Waals surface area contributed by atoms with Gasteiger partial charge < -0.3 is 9.59 Å². The maximum atomic E-state index is 10.5. The molecule has 0 N–H and O–H groups in total. The van der Waals surface area contributed by atoms with E-state index in [1.165, 1.54) is 16.7 Å². The summed E-state index contributed by atoms with van der Waals surface area (Å²) >= 11 is 0. The lowest BCUT2D eigenvalue weighted by atomic mass is 9.95. The van der Waals surface area contributed by atoms with Crippen molar-refractivity contribution in [1.29, 1.82) is 0 Å². The van der Waals surface area contributed by atoms with Crippen LogP contribution >= 0.6 is 0 Å². The molecule has 0 saturated carbocycles. The fraction of sp³-hybridized carbons (Fsp3) is 0.385. The van der Waals surface area contributed by atoms with Crippen molar-refractivity contribution in [2.75, 3.05) is 0 Å². The first-order chi connectivity index (χ1) is 7.08. The van der Waals surface area contributed by atoms with Gasteiger partial charge in [0.15, 0.2) is 0 Å². The molecule has 0 aliphatic heterocycles. The molecule has 0 atom stereocenters. The van der Waals surface area contributed by atoms with E-state index in [4.69, 9.17) is 0 Å². The molecule has 1 aromatic rings. The monoisotopic (exact) mass is 204 g/mol. The fourth-order valence-electron chi connectivity index (χ4n) is 1.64. The van der Waals surface area contributed by atoms with Crippen molar-refractivity contribution >= 4 is 12.6 Å². The zero-order valence-corrected chi connectivity index (χ0v) is 9.41.